The van der Waals surface area contributed by atoms with E-state index in [0.717, 1.165) is 28.2 Å². The number of hydrazone groups is 2. The lowest BCUT2D eigenvalue weighted by molar-refractivity contribution is 0.0955. The van der Waals surface area contributed by atoms with Crippen LogP contribution in [-0.4, -0.2) is 68.9 Å². The first-order valence-corrected chi connectivity index (χ1v) is 11.6. The zero-order chi connectivity index (χ0) is 25.8. The van der Waals surface area contributed by atoms with Gasteiger partial charge in [-0.2, -0.15) is 10.2 Å². The van der Waals surface area contributed by atoms with Gasteiger partial charge in [0.1, 0.15) is 0 Å². The highest BCUT2D eigenvalue weighted by atomic mass is 16.3. The standard InChI is InChI=1S/C27H32N6O3/c1-32(15-17-34)25-11-3-21(4-12-25)19-28-30-24-9-7-23(8-10-24)27(36)31-29-20-22-5-13-26(14-6-22)33(2)16-18-35/h3-14,19-20,30,34-35H,15-18H2,1-2H3,(H,31,36). The Bertz CT molecular complexity index is 1150. The summed E-state index contributed by atoms with van der Waals surface area (Å²) in [6.07, 6.45) is 3.29. The van der Waals surface area contributed by atoms with Crippen LogP contribution in [0.5, 0.6) is 0 Å². The van der Waals surface area contributed by atoms with Crippen LogP contribution in [-0.2, 0) is 0 Å². The Morgan fingerprint density at radius 2 is 1.22 bits per heavy atom. The fraction of sp³-hybridized carbons (Fsp3) is 0.222. The van der Waals surface area contributed by atoms with E-state index in [2.05, 4.69) is 21.1 Å². The Balaban J connectivity index is 1.47. The Labute approximate surface area is 211 Å². The van der Waals surface area contributed by atoms with Crippen molar-refractivity contribution in [3.05, 3.63) is 89.5 Å². The molecule has 0 unspecified atom stereocenters. The highest BCUT2D eigenvalue weighted by Crippen LogP contribution is 2.14. The fourth-order valence-electron chi connectivity index (χ4n) is 3.30. The molecule has 0 atom stereocenters. The second kappa shape index (κ2) is 13.6. The van der Waals surface area contributed by atoms with E-state index in [4.69, 9.17) is 10.2 Å². The summed E-state index contributed by atoms with van der Waals surface area (Å²) in [5, 5.41) is 26.3. The van der Waals surface area contributed by atoms with E-state index >= 15 is 0 Å². The van der Waals surface area contributed by atoms with Gasteiger partial charge in [-0.3, -0.25) is 10.2 Å². The van der Waals surface area contributed by atoms with Crippen molar-refractivity contribution in [3.8, 4) is 0 Å². The number of amides is 1. The molecule has 36 heavy (non-hydrogen) atoms. The number of anilines is 3. The average molecular weight is 489 g/mol. The summed E-state index contributed by atoms with van der Waals surface area (Å²) in [4.78, 5) is 16.3. The number of hydrogen-bond donors (Lipinski definition) is 4. The molecule has 0 aromatic heterocycles. The lowest BCUT2D eigenvalue weighted by Gasteiger charge is -2.17. The Morgan fingerprint density at radius 3 is 1.69 bits per heavy atom. The maximum Gasteiger partial charge on any atom is 0.271 e. The van der Waals surface area contributed by atoms with Gasteiger partial charge in [-0.25, -0.2) is 5.43 Å². The largest absolute Gasteiger partial charge is 0.395 e. The van der Waals surface area contributed by atoms with Crippen molar-refractivity contribution in [1.29, 1.82) is 0 Å². The molecule has 0 saturated carbocycles. The van der Waals surface area contributed by atoms with Crippen LogP contribution in [0.15, 0.2) is 83.0 Å². The molecule has 0 bridgehead atoms. The smallest absolute Gasteiger partial charge is 0.271 e. The summed E-state index contributed by atoms with van der Waals surface area (Å²) in [5.74, 6) is -0.313. The molecule has 0 aliphatic carbocycles. The first kappa shape index (κ1) is 26.4. The monoisotopic (exact) mass is 488 g/mol. The van der Waals surface area contributed by atoms with Gasteiger partial charge in [0.15, 0.2) is 0 Å². The molecule has 9 heteroatoms. The zero-order valence-electron chi connectivity index (χ0n) is 20.5. The maximum atomic E-state index is 12.4. The van der Waals surface area contributed by atoms with Gasteiger partial charge < -0.3 is 20.0 Å². The van der Waals surface area contributed by atoms with E-state index in [9.17, 15) is 4.79 Å². The van der Waals surface area contributed by atoms with Crippen LogP contribution in [0.25, 0.3) is 0 Å². The number of nitrogens with zero attached hydrogens (tertiary/aromatic N) is 4. The highest BCUT2D eigenvalue weighted by molar-refractivity contribution is 5.95. The molecule has 1 amide bonds. The minimum absolute atomic E-state index is 0.0931. The number of carbonyl (C=O) groups excluding carboxylic acids is 1. The second-order valence-electron chi connectivity index (χ2n) is 8.12. The molecular formula is C27H32N6O3. The van der Waals surface area contributed by atoms with E-state index in [1.807, 2.05) is 72.4 Å². The second-order valence-corrected chi connectivity index (χ2v) is 8.12. The lowest BCUT2D eigenvalue weighted by Crippen LogP contribution is -2.20. The number of aliphatic hydroxyl groups is 2. The topological polar surface area (TPSA) is 113 Å². The van der Waals surface area contributed by atoms with Crippen LogP contribution in [0, 0.1) is 0 Å². The number of rotatable bonds is 12. The molecule has 3 rings (SSSR count). The van der Waals surface area contributed by atoms with Crippen molar-refractivity contribution in [2.45, 2.75) is 0 Å². The van der Waals surface area contributed by atoms with Crippen LogP contribution in [0.4, 0.5) is 17.1 Å². The van der Waals surface area contributed by atoms with Crippen molar-refractivity contribution in [3.63, 3.8) is 0 Å². The first-order chi connectivity index (χ1) is 17.5. The van der Waals surface area contributed by atoms with Gasteiger partial charge in [0.05, 0.1) is 31.3 Å². The van der Waals surface area contributed by atoms with Crippen LogP contribution >= 0.6 is 0 Å². The first-order valence-electron chi connectivity index (χ1n) is 11.6. The third-order valence-electron chi connectivity index (χ3n) is 5.47. The summed E-state index contributed by atoms with van der Waals surface area (Å²) in [6, 6.07) is 22.4. The van der Waals surface area contributed by atoms with Gasteiger partial charge in [-0.05, 0) is 59.7 Å². The number of likely N-dealkylation sites (N-methyl/N-ethyl adjacent to an activating group) is 2. The van der Waals surface area contributed by atoms with Crippen LogP contribution < -0.4 is 20.7 Å². The number of benzene rings is 3. The van der Waals surface area contributed by atoms with Gasteiger partial charge in [-0.15, -0.1) is 0 Å². The molecule has 0 aliphatic rings. The average Bonchev–Trinajstić information content (AvgIpc) is 2.90. The molecule has 9 nitrogen and oxygen atoms in total. The third-order valence-corrected chi connectivity index (χ3v) is 5.47. The summed E-state index contributed by atoms with van der Waals surface area (Å²) < 4.78 is 0. The molecule has 0 spiro atoms. The van der Waals surface area contributed by atoms with Crippen molar-refractivity contribution in [1.82, 2.24) is 5.43 Å². The number of nitrogens with one attached hydrogen (secondary N) is 2. The predicted molar refractivity (Wildman–Crippen MR) is 146 cm³/mol. The Hall–Kier alpha value is -4.21. The maximum absolute atomic E-state index is 12.4. The minimum Gasteiger partial charge on any atom is -0.395 e. The number of hydrogen-bond acceptors (Lipinski definition) is 8. The minimum atomic E-state index is -0.313. The quantitative estimate of drug-likeness (QED) is 0.230. The zero-order valence-corrected chi connectivity index (χ0v) is 20.5. The third kappa shape index (κ3) is 7.93. The molecule has 0 aliphatic heterocycles. The molecule has 188 valence electrons. The van der Waals surface area contributed by atoms with Gasteiger partial charge >= 0.3 is 0 Å². The fourth-order valence-corrected chi connectivity index (χ4v) is 3.30. The van der Waals surface area contributed by atoms with Crippen molar-refractivity contribution < 1.29 is 15.0 Å². The summed E-state index contributed by atoms with van der Waals surface area (Å²) in [6.45, 7) is 1.34. The van der Waals surface area contributed by atoms with Crippen molar-refractivity contribution in [2.24, 2.45) is 10.2 Å². The highest BCUT2D eigenvalue weighted by Gasteiger charge is 2.04. The molecule has 3 aromatic rings. The molecular weight excluding hydrogens is 456 g/mol. The van der Waals surface area contributed by atoms with E-state index in [0.29, 0.717) is 18.7 Å². The lowest BCUT2D eigenvalue weighted by atomic mass is 10.2. The van der Waals surface area contributed by atoms with Gasteiger partial charge in [0.2, 0.25) is 0 Å². The van der Waals surface area contributed by atoms with E-state index in [1.54, 1.807) is 36.7 Å². The van der Waals surface area contributed by atoms with E-state index < -0.39 is 0 Å². The van der Waals surface area contributed by atoms with E-state index in [-0.39, 0.29) is 19.1 Å². The SMILES string of the molecule is CN(CCO)c1ccc(C=NNC(=O)c2ccc(NN=Cc3ccc(N(C)CCO)cc3)cc2)cc1. The summed E-state index contributed by atoms with van der Waals surface area (Å²) >= 11 is 0. The van der Waals surface area contributed by atoms with Crippen molar-refractivity contribution in [2.75, 3.05) is 55.6 Å². The molecule has 3 aromatic carbocycles. The summed E-state index contributed by atoms with van der Waals surface area (Å²) in [7, 11) is 3.84. The molecule has 0 fully saturated rings. The molecule has 0 radical (unpaired) electrons. The van der Waals surface area contributed by atoms with Crippen molar-refractivity contribution >= 4 is 35.4 Å². The van der Waals surface area contributed by atoms with Gasteiger partial charge in [0.25, 0.3) is 5.91 Å². The molecule has 4 N–H and O–H groups in total. The Morgan fingerprint density at radius 1 is 0.750 bits per heavy atom. The number of aliphatic hydroxyl groups excluding tert-OH is 2. The molecule has 0 heterocycles. The summed E-state index contributed by atoms with van der Waals surface area (Å²) in [5.41, 5.74) is 10.5. The Kier molecular flexibility index (Phi) is 9.99. The number of carbonyl (C=O) groups is 1. The molecule has 0 saturated heterocycles. The van der Waals surface area contributed by atoms with Crippen LogP contribution in [0.3, 0.4) is 0 Å². The van der Waals surface area contributed by atoms with Crippen LogP contribution in [0.2, 0.25) is 0 Å². The normalized spacial score (nSPS) is 11.1. The van der Waals surface area contributed by atoms with Crippen LogP contribution in [0.1, 0.15) is 21.5 Å². The van der Waals surface area contributed by atoms with Gasteiger partial charge in [0, 0.05) is 44.1 Å². The van der Waals surface area contributed by atoms with E-state index in [1.165, 1.54) is 0 Å². The van der Waals surface area contributed by atoms with Gasteiger partial charge in [-0.1, -0.05) is 24.3 Å². The predicted octanol–water partition coefficient (Wildman–Crippen LogP) is 2.75.